The molecule has 23 heavy (non-hydrogen) atoms. The number of hydroxylamine groups is 4. The van der Waals surface area contributed by atoms with Gasteiger partial charge in [0, 0.05) is 67.7 Å². The van der Waals surface area contributed by atoms with Crippen LogP contribution in [0.5, 0.6) is 0 Å². The molecule has 131 valence electrons. The average molecular weight is 351 g/mol. The standard InChI is InChI=1S/C10H16N2O8.Na.2H2O/c1-7(13)17-11(18-8(2)14)5-6-12(19-9(3)15)20-10(4)16;;;/h5-6H2,1-4H3;;2*1H2. The van der Waals surface area contributed by atoms with E-state index in [9.17, 15) is 19.2 Å². The van der Waals surface area contributed by atoms with Crippen LogP contribution in [0.2, 0.25) is 0 Å². The maximum atomic E-state index is 10.8. The zero-order valence-electron chi connectivity index (χ0n) is 13.6. The number of hydrogen-bond acceptors (Lipinski definition) is 10. The van der Waals surface area contributed by atoms with Crippen LogP contribution in [-0.2, 0) is 38.5 Å². The zero-order chi connectivity index (χ0) is 15.7. The van der Waals surface area contributed by atoms with Crippen LogP contribution in [0.25, 0.3) is 0 Å². The monoisotopic (exact) mass is 351 g/mol. The van der Waals surface area contributed by atoms with E-state index in [1.165, 1.54) is 0 Å². The molecule has 0 aromatic heterocycles. The van der Waals surface area contributed by atoms with Gasteiger partial charge < -0.3 is 30.3 Å². The molecule has 0 saturated heterocycles. The molecule has 0 spiro atoms. The Hall–Kier alpha value is -1.28. The van der Waals surface area contributed by atoms with Crippen molar-refractivity contribution in [3.05, 3.63) is 0 Å². The number of nitrogens with zero attached hydrogens (tertiary/aromatic N) is 2. The van der Waals surface area contributed by atoms with Gasteiger partial charge in [0.25, 0.3) is 0 Å². The maximum Gasteiger partial charge on any atom is 0.326 e. The molecule has 0 amide bonds. The number of carbonyl (C=O) groups is 4. The van der Waals surface area contributed by atoms with Gasteiger partial charge in [-0.05, 0) is 0 Å². The van der Waals surface area contributed by atoms with E-state index in [0.29, 0.717) is 10.5 Å². The van der Waals surface area contributed by atoms with Gasteiger partial charge in [0.05, 0.1) is 13.1 Å². The Labute approximate surface area is 154 Å². The van der Waals surface area contributed by atoms with Crippen LogP contribution in [0.3, 0.4) is 0 Å². The van der Waals surface area contributed by atoms with Gasteiger partial charge >= 0.3 is 23.9 Å². The van der Waals surface area contributed by atoms with Crippen molar-refractivity contribution >= 4 is 53.4 Å². The fourth-order valence-corrected chi connectivity index (χ4v) is 0.957. The molecule has 0 bridgehead atoms. The smallest absolute Gasteiger partial charge is 0.326 e. The second-order valence-electron chi connectivity index (χ2n) is 3.44. The van der Waals surface area contributed by atoms with E-state index >= 15 is 0 Å². The van der Waals surface area contributed by atoms with Crippen LogP contribution in [-0.4, -0.2) is 87.9 Å². The topological polar surface area (TPSA) is 175 Å². The van der Waals surface area contributed by atoms with Gasteiger partial charge in [0.15, 0.2) is 0 Å². The second kappa shape index (κ2) is 15.6. The van der Waals surface area contributed by atoms with Crippen LogP contribution in [0.4, 0.5) is 0 Å². The SMILES string of the molecule is CC(=O)ON(CCN(OC(C)=O)OC(C)=O)OC(C)=O.O.O.[Na]. The summed E-state index contributed by atoms with van der Waals surface area (Å²) in [4.78, 5) is 61.4. The Balaban J connectivity index is -0.000000602. The Morgan fingerprint density at radius 3 is 0.913 bits per heavy atom. The Morgan fingerprint density at radius 2 is 0.783 bits per heavy atom. The van der Waals surface area contributed by atoms with Gasteiger partial charge in [0.1, 0.15) is 0 Å². The third-order valence-corrected chi connectivity index (χ3v) is 1.39. The first-order chi connectivity index (χ1) is 9.20. The third-order valence-electron chi connectivity index (χ3n) is 1.39. The fraction of sp³-hybridized carbons (Fsp3) is 0.600. The van der Waals surface area contributed by atoms with E-state index in [-0.39, 0.29) is 53.6 Å². The van der Waals surface area contributed by atoms with Crippen LogP contribution in [0.15, 0.2) is 0 Å². The third kappa shape index (κ3) is 18.7. The minimum absolute atomic E-state index is 0. The fourth-order valence-electron chi connectivity index (χ4n) is 0.957. The van der Waals surface area contributed by atoms with Gasteiger partial charge in [-0.3, -0.25) is 19.2 Å². The number of rotatable bonds is 7. The first kappa shape index (κ1) is 29.7. The van der Waals surface area contributed by atoms with E-state index in [0.717, 1.165) is 27.7 Å². The predicted octanol–water partition coefficient (Wildman–Crippen LogP) is -2.53. The van der Waals surface area contributed by atoms with Crippen molar-refractivity contribution in [2.75, 3.05) is 13.1 Å². The molecule has 0 rings (SSSR count). The average Bonchev–Trinajstić information content (AvgIpc) is 2.22. The van der Waals surface area contributed by atoms with Crippen molar-refractivity contribution < 1.29 is 49.5 Å². The quantitative estimate of drug-likeness (QED) is 0.351. The molecule has 0 aliphatic carbocycles. The van der Waals surface area contributed by atoms with Crippen LogP contribution >= 0.6 is 0 Å². The summed E-state index contributed by atoms with van der Waals surface area (Å²) in [5.74, 6) is -2.90. The molecule has 0 fully saturated rings. The van der Waals surface area contributed by atoms with Crippen molar-refractivity contribution in [3.63, 3.8) is 0 Å². The second-order valence-corrected chi connectivity index (χ2v) is 3.44. The van der Waals surface area contributed by atoms with Gasteiger partial charge in [-0.15, -0.1) is 0 Å². The molecule has 0 aliphatic rings. The zero-order valence-corrected chi connectivity index (χ0v) is 15.6. The number of carbonyl (C=O) groups excluding carboxylic acids is 4. The normalized spacial score (nSPS) is 8.78. The molecule has 12 nitrogen and oxygen atoms in total. The Morgan fingerprint density at radius 1 is 0.609 bits per heavy atom. The Kier molecular flexibility index (Phi) is 20.2. The summed E-state index contributed by atoms with van der Waals surface area (Å²) in [7, 11) is 0. The van der Waals surface area contributed by atoms with E-state index < -0.39 is 23.9 Å². The van der Waals surface area contributed by atoms with E-state index in [1.54, 1.807) is 0 Å². The summed E-state index contributed by atoms with van der Waals surface area (Å²) in [6.07, 6.45) is 0. The van der Waals surface area contributed by atoms with Gasteiger partial charge in [-0.1, -0.05) is 0 Å². The van der Waals surface area contributed by atoms with Crippen molar-refractivity contribution in [3.8, 4) is 0 Å². The summed E-state index contributed by atoms with van der Waals surface area (Å²) in [5, 5.41) is 1.15. The molecule has 0 aromatic rings. The molecule has 13 heteroatoms. The molecule has 0 atom stereocenters. The summed E-state index contributed by atoms with van der Waals surface area (Å²) >= 11 is 0. The summed E-state index contributed by atoms with van der Waals surface area (Å²) in [6, 6.07) is 0. The van der Waals surface area contributed by atoms with Gasteiger partial charge in [0.2, 0.25) is 0 Å². The van der Waals surface area contributed by atoms with Crippen LogP contribution in [0, 0.1) is 0 Å². The van der Waals surface area contributed by atoms with Crippen molar-refractivity contribution in [2.24, 2.45) is 0 Å². The van der Waals surface area contributed by atoms with Gasteiger partial charge in [-0.25, -0.2) is 0 Å². The van der Waals surface area contributed by atoms with Crippen LogP contribution < -0.4 is 0 Å². The molecule has 0 aliphatic heterocycles. The first-order valence-electron chi connectivity index (χ1n) is 5.50. The Bertz CT molecular complexity index is 324. The molecule has 0 unspecified atom stereocenters. The number of hydrogen-bond donors (Lipinski definition) is 0. The maximum absolute atomic E-state index is 10.8. The van der Waals surface area contributed by atoms with Crippen molar-refractivity contribution in [1.82, 2.24) is 10.5 Å². The first-order valence-corrected chi connectivity index (χ1v) is 5.50. The molecular formula is C10H20N2NaO10. The predicted molar refractivity (Wildman–Crippen MR) is 73.5 cm³/mol. The molecule has 0 saturated carbocycles. The van der Waals surface area contributed by atoms with E-state index in [4.69, 9.17) is 0 Å². The molecule has 0 heterocycles. The van der Waals surface area contributed by atoms with Crippen molar-refractivity contribution in [2.45, 2.75) is 27.7 Å². The minimum atomic E-state index is -0.724. The molecule has 0 aromatic carbocycles. The molecule has 1 radical (unpaired) electrons. The van der Waals surface area contributed by atoms with E-state index in [1.807, 2.05) is 0 Å². The summed E-state index contributed by atoms with van der Waals surface area (Å²) in [6.45, 7) is 3.97. The summed E-state index contributed by atoms with van der Waals surface area (Å²) < 4.78 is 0. The molecular weight excluding hydrogens is 331 g/mol. The van der Waals surface area contributed by atoms with Crippen LogP contribution in [0.1, 0.15) is 27.7 Å². The minimum Gasteiger partial charge on any atom is -0.412 e. The van der Waals surface area contributed by atoms with Crippen molar-refractivity contribution in [1.29, 1.82) is 0 Å². The molecule has 4 N–H and O–H groups in total. The van der Waals surface area contributed by atoms with Gasteiger partial charge in [-0.2, -0.15) is 0 Å². The summed E-state index contributed by atoms with van der Waals surface area (Å²) in [5.41, 5.74) is 0. The van der Waals surface area contributed by atoms with E-state index in [2.05, 4.69) is 19.4 Å². The largest absolute Gasteiger partial charge is 0.412 e.